The molecule has 3 nitrogen and oxygen atoms in total. The Morgan fingerprint density at radius 1 is 1.05 bits per heavy atom. The Hall–Kier alpha value is -1.22. The average Bonchev–Trinajstić information content (AvgIpc) is 3.01. The molecule has 2 saturated heterocycles. The zero-order valence-corrected chi connectivity index (χ0v) is 12.6. The maximum absolute atomic E-state index is 3.71. The van der Waals surface area contributed by atoms with Crippen LogP contribution in [0.2, 0.25) is 0 Å². The third-order valence-corrected chi connectivity index (χ3v) is 4.77. The Bertz CT molecular complexity index is 418. The Labute approximate surface area is 123 Å². The van der Waals surface area contributed by atoms with E-state index in [-0.39, 0.29) is 0 Å². The van der Waals surface area contributed by atoms with Gasteiger partial charge in [-0.05, 0) is 63.9 Å². The van der Waals surface area contributed by atoms with Crippen molar-refractivity contribution >= 4 is 11.4 Å². The molecule has 0 atom stereocenters. The average molecular weight is 273 g/mol. The van der Waals surface area contributed by atoms with E-state index in [1.807, 2.05) is 0 Å². The highest BCUT2D eigenvalue weighted by Gasteiger charge is 2.18. The van der Waals surface area contributed by atoms with Gasteiger partial charge in [0.15, 0.2) is 0 Å². The predicted molar refractivity (Wildman–Crippen MR) is 86.6 cm³/mol. The first-order chi connectivity index (χ1) is 9.83. The molecule has 1 aromatic rings. The van der Waals surface area contributed by atoms with Crippen LogP contribution in [0.5, 0.6) is 0 Å². The van der Waals surface area contributed by atoms with Crippen LogP contribution < -0.4 is 10.2 Å². The molecule has 110 valence electrons. The zero-order chi connectivity index (χ0) is 13.8. The van der Waals surface area contributed by atoms with Crippen molar-refractivity contribution in [2.45, 2.75) is 25.7 Å². The molecule has 1 aromatic carbocycles. The van der Waals surface area contributed by atoms with Crippen LogP contribution in [-0.2, 0) is 0 Å². The van der Waals surface area contributed by atoms with Gasteiger partial charge in [0.05, 0.1) is 11.4 Å². The van der Waals surface area contributed by atoms with E-state index in [1.165, 1.54) is 63.2 Å². The smallest absolute Gasteiger partial charge is 0.0602 e. The highest BCUT2D eigenvalue weighted by molar-refractivity contribution is 5.70. The van der Waals surface area contributed by atoms with E-state index in [2.05, 4.69) is 46.4 Å². The SMILES string of the molecule is CN1CCC(CNc2ccccc2N2CCCC2)CC1. The predicted octanol–water partition coefficient (Wildman–Crippen LogP) is 3.04. The van der Waals surface area contributed by atoms with E-state index in [9.17, 15) is 0 Å². The summed E-state index contributed by atoms with van der Waals surface area (Å²) in [6, 6.07) is 8.82. The number of hydrogen-bond donors (Lipinski definition) is 1. The minimum absolute atomic E-state index is 0.831. The van der Waals surface area contributed by atoms with E-state index in [0.29, 0.717) is 0 Å². The maximum Gasteiger partial charge on any atom is 0.0602 e. The molecule has 2 heterocycles. The van der Waals surface area contributed by atoms with Gasteiger partial charge < -0.3 is 15.1 Å². The fourth-order valence-corrected chi connectivity index (χ4v) is 3.38. The first-order valence-electron chi connectivity index (χ1n) is 8.09. The molecule has 2 aliphatic rings. The summed E-state index contributed by atoms with van der Waals surface area (Å²) in [6.07, 6.45) is 5.33. The molecule has 0 amide bonds. The second-order valence-electron chi connectivity index (χ2n) is 6.34. The van der Waals surface area contributed by atoms with Gasteiger partial charge in [-0.3, -0.25) is 0 Å². The van der Waals surface area contributed by atoms with Crippen LogP contribution >= 0.6 is 0 Å². The van der Waals surface area contributed by atoms with Crippen molar-refractivity contribution in [3.05, 3.63) is 24.3 Å². The number of nitrogens with one attached hydrogen (secondary N) is 1. The minimum Gasteiger partial charge on any atom is -0.383 e. The van der Waals surface area contributed by atoms with Crippen molar-refractivity contribution in [1.29, 1.82) is 0 Å². The van der Waals surface area contributed by atoms with Crippen molar-refractivity contribution < 1.29 is 0 Å². The van der Waals surface area contributed by atoms with Gasteiger partial charge in [-0.1, -0.05) is 12.1 Å². The molecule has 0 radical (unpaired) electrons. The summed E-state index contributed by atoms with van der Waals surface area (Å²) in [7, 11) is 2.23. The largest absolute Gasteiger partial charge is 0.383 e. The number of nitrogens with zero attached hydrogens (tertiary/aromatic N) is 2. The van der Waals surface area contributed by atoms with Gasteiger partial charge in [0.1, 0.15) is 0 Å². The quantitative estimate of drug-likeness (QED) is 0.909. The molecule has 3 rings (SSSR count). The number of anilines is 2. The lowest BCUT2D eigenvalue weighted by atomic mass is 9.97. The highest BCUT2D eigenvalue weighted by Crippen LogP contribution is 2.29. The molecule has 0 saturated carbocycles. The number of rotatable bonds is 4. The summed E-state index contributed by atoms with van der Waals surface area (Å²) in [4.78, 5) is 4.96. The summed E-state index contributed by atoms with van der Waals surface area (Å²) in [6.45, 7) is 6.05. The molecule has 2 aliphatic heterocycles. The van der Waals surface area contributed by atoms with E-state index in [0.717, 1.165) is 12.5 Å². The van der Waals surface area contributed by atoms with Crippen molar-refractivity contribution in [2.24, 2.45) is 5.92 Å². The van der Waals surface area contributed by atoms with Gasteiger partial charge in [-0.15, -0.1) is 0 Å². The number of likely N-dealkylation sites (tertiary alicyclic amines) is 1. The van der Waals surface area contributed by atoms with Crippen LogP contribution in [0.1, 0.15) is 25.7 Å². The lowest BCUT2D eigenvalue weighted by molar-refractivity contribution is 0.226. The fourth-order valence-electron chi connectivity index (χ4n) is 3.38. The molecule has 0 aromatic heterocycles. The Balaban J connectivity index is 1.59. The molecule has 0 spiro atoms. The molecular weight excluding hydrogens is 246 g/mol. The van der Waals surface area contributed by atoms with Gasteiger partial charge in [-0.2, -0.15) is 0 Å². The third kappa shape index (κ3) is 3.26. The maximum atomic E-state index is 3.71. The van der Waals surface area contributed by atoms with Crippen LogP contribution in [0.4, 0.5) is 11.4 Å². The van der Waals surface area contributed by atoms with Gasteiger partial charge in [0.25, 0.3) is 0 Å². The van der Waals surface area contributed by atoms with Crippen LogP contribution in [0.15, 0.2) is 24.3 Å². The zero-order valence-electron chi connectivity index (χ0n) is 12.6. The Morgan fingerprint density at radius 3 is 2.50 bits per heavy atom. The van der Waals surface area contributed by atoms with Gasteiger partial charge >= 0.3 is 0 Å². The topological polar surface area (TPSA) is 18.5 Å². The van der Waals surface area contributed by atoms with Crippen molar-refractivity contribution in [2.75, 3.05) is 50.0 Å². The molecule has 20 heavy (non-hydrogen) atoms. The molecule has 1 N–H and O–H groups in total. The monoisotopic (exact) mass is 273 g/mol. The molecule has 3 heteroatoms. The first-order valence-corrected chi connectivity index (χ1v) is 8.09. The van der Waals surface area contributed by atoms with Crippen molar-refractivity contribution in [3.63, 3.8) is 0 Å². The van der Waals surface area contributed by atoms with Crippen molar-refractivity contribution in [3.8, 4) is 0 Å². The van der Waals surface area contributed by atoms with Gasteiger partial charge in [0, 0.05) is 19.6 Å². The Kier molecular flexibility index (Phi) is 4.46. The fraction of sp³-hybridized carbons (Fsp3) is 0.647. The van der Waals surface area contributed by atoms with Gasteiger partial charge in [0.2, 0.25) is 0 Å². The second kappa shape index (κ2) is 6.49. The van der Waals surface area contributed by atoms with E-state index < -0.39 is 0 Å². The van der Waals surface area contributed by atoms with Gasteiger partial charge in [-0.25, -0.2) is 0 Å². The number of para-hydroxylation sites is 2. The van der Waals surface area contributed by atoms with E-state index in [4.69, 9.17) is 0 Å². The summed E-state index contributed by atoms with van der Waals surface area (Å²) >= 11 is 0. The van der Waals surface area contributed by atoms with Crippen LogP contribution in [0, 0.1) is 5.92 Å². The Morgan fingerprint density at radius 2 is 1.75 bits per heavy atom. The van der Waals surface area contributed by atoms with Crippen molar-refractivity contribution in [1.82, 2.24) is 4.90 Å². The standard InChI is InChI=1S/C17H27N3/c1-19-12-8-15(9-13-19)14-18-16-6-2-3-7-17(16)20-10-4-5-11-20/h2-3,6-7,15,18H,4-5,8-14H2,1H3. The minimum atomic E-state index is 0.831. The second-order valence-corrected chi connectivity index (χ2v) is 6.34. The van der Waals surface area contributed by atoms with Crippen LogP contribution in [-0.4, -0.2) is 44.7 Å². The lowest BCUT2D eigenvalue weighted by Gasteiger charge is -2.30. The number of piperidine rings is 1. The van der Waals surface area contributed by atoms with E-state index >= 15 is 0 Å². The summed E-state index contributed by atoms with van der Waals surface area (Å²) in [5.74, 6) is 0.831. The molecule has 0 unspecified atom stereocenters. The van der Waals surface area contributed by atoms with E-state index in [1.54, 1.807) is 0 Å². The molecular formula is C17H27N3. The number of benzene rings is 1. The summed E-state index contributed by atoms with van der Waals surface area (Å²) < 4.78 is 0. The first kappa shape index (κ1) is 13.7. The molecule has 0 aliphatic carbocycles. The lowest BCUT2D eigenvalue weighted by Crippen LogP contribution is -2.33. The number of hydrogen-bond acceptors (Lipinski definition) is 3. The summed E-state index contributed by atoms with van der Waals surface area (Å²) in [5.41, 5.74) is 2.73. The molecule has 2 fully saturated rings. The highest BCUT2D eigenvalue weighted by atomic mass is 15.2. The summed E-state index contributed by atoms with van der Waals surface area (Å²) in [5, 5.41) is 3.71. The van der Waals surface area contributed by atoms with Crippen LogP contribution in [0.25, 0.3) is 0 Å². The third-order valence-electron chi connectivity index (χ3n) is 4.77. The van der Waals surface area contributed by atoms with Crippen LogP contribution in [0.3, 0.4) is 0 Å². The molecule has 0 bridgehead atoms. The normalized spacial score (nSPS) is 21.4.